The first-order valence-corrected chi connectivity index (χ1v) is 54.9. The third-order valence-corrected chi connectivity index (χ3v) is 29.7. The normalized spacial score (nSPS) is 11.2. The molecule has 0 spiro atoms. The van der Waals surface area contributed by atoms with Crippen LogP contribution >= 0.6 is 57.7 Å². The second-order valence-corrected chi connectivity index (χ2v) is 42.6. The number of nitrogens with zero attached hydrogens (tertiary/aromatic N) is 5. The molecule has 0 atom stereocenters. The van der Waals surface area contributed by atoms with Gasteiger partial charge >= 0.3 is 0 Å². The van der Waals surface area contributed by atoms with Gasteiger partial charge in [-0.25, -0.2) is 33.7 Å². The number of hydrogen-bond acceptors (Lipinski definition) is 19. The van der Waals surface area contributed by atoms with Gasteiger partial charge in [0.25, 0.3) is 5.91 Å². The molecule has 764 valence electrons. The summed E-state index contributed by atoms with van der Waals surface area (Å²) in [5.74, 6) is 11.4. The van der Waals surface area contributed by atoms with Crippen molar-refractivity contribution in [2.75, 3.05) is 79.3 Å². The van der Waals surface area contributed by atoms with Gasteiger partial charge in [0, 0.05) is 124 Å². The van der Waals surface area contributed by atoms with E-state index in [0.29, 0.717) is 152 Å². The lowest BCUT2D eigenvalue weighted by atomic mass is 10.1. The number of aromatic amines is 1. The Labute approximate surface area is 879 Å². The number of furan rings is 1. The maximum Gasteiger partial charge on any atom is 0.257 e. The van der Waals surface area contributed by atoms with Crippen molar-refractivity contribution in [2.45, 2.75) is 131 Å². The van der Waals surface area contributed by atoms with E-state index in [2.05, 4.69) is 52.5 Å². The molecule has 27 nitrogen and oxygen atoms in total. The van der Waals surface area contributed by atoms with E-state index in [0.717, 1.165) is 85.8 Å². The number of carbonyl (C=O) groups is 4. The highest BCUT2D eigenvalue weighted by Crippen LogP contribution is 2.32. The summed E-state index contributed by atoms with van der Waals surface area (Å²) in [7, 11) is -13.1. The smallest absolute Gasteiger partial charge is 0.257 e. The number of fused-ring (bicyclic) bond motifs is 1. The number of nitrogens with one attached hydrogen (secondary N) is 5. The first kappa shape index (κ1) is 115. The van der Waals surface area contributed by atoms with Gasteiger partial charge in [-0.2, -0.15) is 30.2 Å². The van der Waals surface area contributed by atoms with E-state index in [4.69, 9.17) is 95.5 Å². The Morgan fingerprint density at radius 2 is 0.767 bits per heavy atom. The van der Waals surface area contributed by atoms with Crippen LogP contribution in [0.4, 0.5) is 0 Å². The van der Waals surface area contributed by atoms with Crippen molar-refractivity contribution < 1.29 is 76.2 Å². The summed E-state index contributed by atoms with van der Waals surface area (Å²) < 4.78 is 136. The van der Waals surface area contributed by atoms with Gasteiger partial charge in [0.1, 0.15) is 29.3 Å². The zero-order valence-corrected chi connectivity index (χ0v) is 88.1. The molecule has 0 radical (unpaired) electrons. The Balaban J connectivity index is 0.000000200. The lowest BCUT2D eigenvalue weighted by molar-refractivity contribution is -0.131. The fourth-order valence-electron chi connectivity index (χ4n) is 14.7. The molecule has 0 unspecified atom stereocenters. The number of methoxy groups -OCH3 is 1. The first-order valence-electron chi connectivity index (χ1n) is 46.5. The molecule has 36 heteroatoms. The number of thiophene rings is 1. The average molecular weight is 2150 g/mol. The Kier molecular flexibility index (Phi) is 45.7. The summed E-state index contributed by atoms with van der Waals surface area (Å²) in [5, 5.41) is 7.17. The number of pyridine rings is 1. The molecular weight excluding hydrogens is 2040 g/mol. The second kappa shape index (κ2) is 58.2. The number of sulfonamides is 4. The average Bonchev–Trinajstić information content (AvgIpc) is 1.64. The van der Waals surface area contributed by atoms with Gasteiger partial charge in [0.2, 0.25) is 57.8 Å². The number of halogens is 4. The van der Waals surface area contributed by atoms with E-state index in [-0.39, 0.29) is 88.8 Å². The molecule has 0 aliphatic heterocycles. The minimum absolute atomic E-state index is 0.0156. The molecule has 13 aromatic rings. The standard InChI is InChI=1S/C31H32ClN3O4S.C28H30ClN3O4S.C26H27ClN2O5S.C25H25ClN2O4S2/c1-3-16-34-40(37,38)27-12-9-23(10-13-27)15-17-35(22-25-19-26(32)11-14-30(25)39-18-4-2)31(36)20-24-21-33-29-8-6-5-7-28(24)29;1-3-15-31-37(34,35)26-11-8-22(9-12-26)14-17-32(28(33)20-25-7-5-6-16-30-25)21-23-19-24(29)10-13-27(23)36-18-4-2;1-3-13-28-35(31,32)24-8-5-20(6-9-24)11-14-29(26(30)21-12-16-33-19-21)18-22-17-23(27)7-10-25(22)34-15-4-2;1-3-12-27-34(30,31)23-7-4-19(5-8-23)10-13-28(25(29)15-20-11-14-33-18-20)17-21-16-22(26)6-9-24(21)32-2/h1,5-14,19,21,33-34H,4,15-18,20,22H2,2H3;1,5-13,16,19,31H,4,14-15,17-18,20-21H2,2H3;1,5-10,12,16-17,19,28H,4,11,13-15,18H2,2H3;1,4-9,11,14,16,18,27H,10,12-13,15,17H2,2H3. The van der Waals surface area contributed by atoms with Crippen LogP contribution in [0.3, 0.4) is 0 Å². The highest BCUT2D eigenvalue weighted by atomic mass is 35.5. The van der Waals surface area contributed by atoms with E-state index in [9.17, 15) is 52.8 Å². The van der Waals surface area contributed by atoms with Crippen LogP contribution in [0.25, 0.3) is 10.9 Å². The molecule has 0 bridgehead atoms. The minimum Gasteiger partial charge on any atom is -0.496 e. The summed E-state index contributed by atoms with van der Waals surface area (Å²) in [6, 6.07) is 64.6. The minimum atomic E-state index is -3.67. The summed E-state index contributed by atoms with van der Waals surface area (Å²) in [6.45, 7) is 10.4. The van der Waals surface area contributed by atoms with Crippen LogP contribution in [0.15, 0.2) is 284 Å². The van der Waals surface area contributed by atoms with Crippen molar-refractivity contribution >= 4 is 132 Å². The van der Waals surface area contributed by atoms with Crippen LogP contribution in [0.5, 0.6) is 23.0 Å². The maximum absolute atomic E-state index is 13.7. The van der Waals surface area contributed by atoms with Gasteiger partial charge in [-0.3, -0.25) is 24.2 Å². The van der Waals surface area contributed by atoms with Gasteiger partial charge < -0.3 is 47.9 Å². The van der Waals surface area contributed by atoms with Gasteiger partial charge in [-0.15, -0.1) is 25.7 Å². The number of terminal acetylenes is 4. The maximum atomic E-state index is 13.7. The Bertz CT molecular complexity index is 7150. The number of ether oxygens (including phenoxy) is 4. The van der Waals surface area contributed by atoms with Gasteiger partial charge in [-0.05, 0) is 241 Å². The molecule has 4 amide bonds. The van der Waals surface area contributed by atoms with Gasteiger partial charge in [-0.1, -0.05) is 164 Å². The first-order chi connectivity index (χ1) is 70.3. The van der Waals surface area contributed by atoms with E-state index in [1.54, 1.807) is 166 Å². The Morgan fingerprint density at radius 3 is 1.12 bits per heavy atom. The molecule has 9 aromatic carbocycles. The zero-order chi connectivity index (χ0) is 105. The number of rotatable bonds is 49. The number of benzene rings is 9. The molecule has 13 rings (SSSR count). The predicted molar refractivity (Wildman–Crippen MR) is 574 cm³/mol. The Morgan fingerprint density at radius 1 is 0.411 bits per heavy atom. The zero-order valence-electron chi connectivity index (χ0n) is 81.0. The summed E-state index contributed by atoms with van der Waals surface area (Å²) in [5.41, 5.74) is 10.8. The number of aromatic nitrogens is 2. The summed E-state index contributed by atoms with van der Waals surface area (Å²) in [4.78, 5) is 68.5. The van der Waals surface area contributed by atoms with E-state index in [1.165, 1.54) is 48.9 Å². The summed E-state index contributed by atoms with van der Waals surface area (Å²) in [6.07, 6.45) is 32.3. The van der Waals surface area contributed by atoms with Crippen molar-refractivity contribution in [2.24, 2.45) is 0 Å². The topological polar surface area (TPSA) is 345 Å². The van der Waals surface area contributed by atoms with Gasteiger partial charge in [0.15, 0.2) is 0 Å². The largest absolute Gasteiger partial charge is 0.496 e. The number of hydrogen-bond donors (Lipinski definition) is 5. The van der Waals surface area contributed by atoms with Crippen LogP contribution in [0.1, 0.15) is 112 Å². The fourth-order valence-corrected chi connectivity index (χ4v) is 19.9. The monoisotopic (exact) mass is 2150 g/mol. The van der Waals surface area contributed by atoms with Crippen LogP contribution in [-0.4, -0.2) is 166 Å². The molecule has 0 saturated carbocycles. The fraction of sp³-hybridized carbons (Fsp3) is 0.264. The summed E-state index contributed by atoms with van der Waals surface area (Å²) >= 11 is 26.6. The van der Waals surface area contributed by atoms with Crippen molar-refractivity contribution in [3.8, 4) is 72.4 Å². The van der Waals surface area contributed by atoms with Crippen LogP contribution in [-0.2, 0) is 126 Å². The van der Waals surface area contributed by atoms with Crippen molar-refractivity contribution in [1.82, 2.24) is 48.5 Å². The number of para-hydroxylation sites is 1. The number of amides is 4. The third kappa shape index (κ3) is 36.2. The molecular formula is C110H114Cl4N10O17S5. The molecule has 5 N–H and O–H groups in total. The van der Waals surface area contributed by atoms with Crippen LogP contribution in [0, 0.1) is 49.4 Å². The van der Waals surface area contributed by atoms with Crippen molar-refractivity contribution in [1.29, 1.82) is 0 Å². The Hall–Kier alpha value is -13.2. The second-order valence-electron chi connectivity index (χ2n) is 33.0. The van der Waals surface area contributed by atoms with Crippen molar-refractivity contribution in [3.63, 3.8) is 0 Å². The highest BCUT2D eigenvalue weighted by Gasteiger charge is 2.27. The van der Waals surface area contributed by atoms with E-state index >= 15 is 0 Å². The predicted octanol–water partition coefficient (Wildman–Crippen LogP) is 18.2. The third-order valence-electron chi connectivity index (χ3n) is 22.3. The molecule has 0 aliphatic rings. The number of carbonyl (C=O) groups excluding carboxylic acids is 4. The molecule has 0 fully saturated rings. The molecule has 4 heterocycles. The molecule has 0 saturated heterocycles. The molecule has 4 aromatic heterocycles. The van der Waals surface area contributed by atoms with Crippen molar-refractivity contribution in [3.05, 3.63) is 347 Å². The van der Waals surface area contributed by atoms with Crippen LogP contribution < -0.4 is 37.8 Å². The lowest BCUT2D eigenvalue weighted by Crippen LogP contribution is -2.34. The lowest BCUT2D eigenvalue weighted by Gasteiger charge is -2.24. The van der Waals surface area contributed by atoms with E-state index in [1.807, 2.05) is 104 Å². The van der Waals surface area contributed by atoms with Crippen LogP contribution in [0.2, 0.25) is 20.1 Å². The SMILES string of the molecule is C#CCNS(=O)(=O)c1ccc(CCN(Cc2cc(Cl)ccc2OC)C(=O)Cc2ccsc2)cc1.C#CCNS(=O)(=O)c1ccc(CCN(Cc2cc(Cl)ccc2OCCC)C(=O)Cc2c[nH]c3ccccc23)cc1.C#CCNS(=O)(=O)c1ccc(CCN(Cc2cc(Cl)ccc2OCCC)C(=O)Cc2ccccn2)cc1.C#CCNS(=O)(=O)c1ccc(CCN(Cc2cc(Cl)ccc2OCCC)C(=O)c2ccoc2)cc1. The molecule has 0 aliphatic carbocycles. The highest BCUT2D eigenvalue weighted by molar-refractivity contribution is 7.90. The number of H-pyrrole nitrogens is 1. The van der Waals surface area contributed by atoms with Gasteiger partial charge in [0.05, 0.1) is 104 Å². The van der Waals surface area contributed by atoms with E-state index < -0.39 is 40.1 Å². The molecule has 146 heavy (non-hydrogen) atoms. The quantitative estimate of drug-likeness (QED) is 0.0221.